The van der Waals surface area contributed by atoms with Crippen molar-refractivity contribution in [3.8, 4) is 0 Å². The third-order valence-corrected chi connectivity index (χ3v) is 4.97. The molecule has 0 amide bonds. The summed E-state index contributed by atoms with van der Waals surface area (Å²) in [6, 6.07) is 12.4. The summed E-state index contributed by atoms with van der Waals surface area (Å²) in [6.07, 6.45) is 5.54. The molecule has 0 radical (unpaired) electrons. The van der Waals surface area contributed by atoms with Crippen molar-refractivity contribution in [3.05, 3.63) is 35.9 Å². The number of likely N-dealkylation sites (tertiary alicyclic amines) is 1. The standard InChI is InChI=1S/C20H32N2/c1-20(2,3)12-17-11-18(15-22(14-17)19-9-10-19)21-13-16-7-5-4-6-8-16/h4-8,17-19,21H,9-15H2,1-3H3. The van der Waals surface area contributed by atoms with Gasteiger partial charge in [0.1, 0.15) is 0 Å². The summed E-state index contributed by atoms with van der Waals surface area (Å²) >= 11 is 0. The molecule has 1 saturated carbocycles. The van der Waals surface area contributed by atoms with Gasteiger partial charge in [0.25, 0.3) is 0 Å². The Morgan fingerprint density at radius 2 is 1.82 bits per heavy atom. The molecule has 1 saturated heterocycles. The molecule has 1 aliphatic heterocycles. The van der Waals surface area contributed by atoms with E-state index in [1.54, 1.807) is 0 Å². The van der Waals surface area contributed by atoms with Crippen LogP contribution >= 0.6 is 0 Å². The van der Waals surface area contributed by atoms with Crippen LogP contribution in [0.2, 0.25) is 0 Å². The van der Waals surface area contributed by atoms with Gasteiger partial charge in [-0.3, -0.25) is 4.90 Å². The maximum Gasteiger partial charge on any atom is 0.0208 e. The van der Waals surface area contributed by atoms with E-state index in [0.717, 1.165) is 18.5 Å². The van der Waals surface area contributed by atoms with Crippen LogP contribution in [-0.2, 0) is 6.54 Å². The van der Waals surface area contributed by atoms with Crippen molar-refractivity contribution in [3.63, 3.8) is 0 Å². The fourth-order valence-electron chi connectivity index (χ4n) is 4.00. The molecule has 1 aliphatic carbocycles. The Balaban J connectivity index is 1.57. The zero-order valence-corrected chi connectivity index (χ0v) is 14.5. The largest absolute Gasteiger partial charge is 0.309 e. The first-order chi connectivity index (χ1) is 10.5. The predicted octanol–water partition coefficient (Wildman–Crippen LogP) is 4.07. The molecule has 0 spiro atoms. The van der Waals surface area contributed by atoms with E-state index >= 15 is 0 Å². The highest BCUT2D eigenvalue weighted by molar-refractivity contribution is 5.14. The zero-order valence-electron chi connectivity index (χ0n) is 14.5. The lowest BCUT2D eigenvalue weighted by atomic mass is 9.80. The van der Waals surface area contributed by atoms with Gasteiger partial charge < -0.3 is 5.32 Å². The van der Waals surface area contributed by atoms with E-state index in [1.807, 2.05) is 0 Å². The SMILES string of the molecule is CC(C)(C)CC1CC(NCc2ccccc2)CN(C2CC2)C1. The molecule has 2 aliphatic rings. The Kier molecular flexibility index (Phi) is 4.89. The molecule has 22 heavy (non-hydrogen) atoms. The van der Waals surface area contributed by atoms with Gasteiger partial charge in [-0.2, -0.15) is 0 Å². The van der Waals surface area contributed by atoms with Crippen molar-refractivity contribution in [2.24, 2.45) is 11.3 Å². The molecule has 122 valence electrons. The number of hydrogen-bond donors (Lipinski definition) is 1. The summed E-state index contributed by atoms with van der Waals surface area (Å²) in [6.45, 7) is 10.7. The molecule has 0 bridgehead atoms. The number of piperidine rings is 1. The lowest BCUT2D eigenvalue weighted by Crippen LogP contribution is -2.50. The fourth-order valence-corrected chi connectivity index (χ4v) is 4.00. The number of benzene rings is 1. The molecule has 2 fully saturated rings. The summed E-state index contributed by atoms with van der Waals surface area (Å²) in [5.74, 6) is 0.850. The third-order valence-electron chi connectivity index (χ3n) is 4.97. The van der Waals surface area contributed by atoms with Crippen LogP contribution in [0.3, 0.4) is 0 Å². The zero-order chi connectivity index (χ0) is 15.6. The summed E-state index contributed by atoms with van der Waals surface area (Å²) in [7, 11) is 0. The quantitative estimate of drug-likeness (QED) is 0.882. The Morgan fingerprint density at radius 1 is 1.09 bits per heavy atom. The highest BCUT2D eigenvalue weighted by atomic mass is 15.2. The van der Waals surface area contributed by atoms with Crippen LogP contribution in [0.5, 0.6) is 0 Å². The fraction of sp³-hybridized carbons (Fsp3) is 0.700. The number of rotatable bonds is 5. The van der Waals surface area contributed by atoms with Crippen LogP contribution in [0.4, 0.5) is 0 Å². The summed E-state index contributed by atoms with van der Waals surface area (Å²) in [4.78, 5) is 2.77. The molecule has 2 atom stereocenters. The maximum atomic E-state index is 3.82. The van der Waals surface area contributed by atoms with Crippen LogP contribution in [0.25, 0.3) is 0 Å². The third kappa shape index (κ3) is 4.82. The van der Waals surface area contributed by atoms with Crippen molar-refractivity contribution >= 4 is 0 Å². The highest BCUT2D eigenvalue weighted by Crippen LogP contribution is 2.35. The highest BCUT2D eigenvalue weighted by Gasteiger charge is 2.36. The summed E-state index contributed by atoms with van der Waals surface area (Å²) < 4.78 is 0. The number of nitrogens with one attached hydrogen (secondary N) is 1. The van der Waals surface area contributed by atoms with Gasteiger partial charge in [0.05, 0.1) is 0 Å². The second-order valence-electron chi connectivity index (χ2n) is 8.62. The second kappa shape index (κ2) is 6.72. The first-order valence-corrected chi connectivity index (χ1v) is 9.01. The average Bonchev–Trinajstić information content (AvgIpc) is 3.29. The van der Waals surface area contributed by atoms with Gasteiger partial charge in [0, 0.05) is 31.7 Å². The van der Waals surface area contributed by atoms with Gasteiger partial charge >= 0.3 is 0 Å². The minimum atomic E-state index is 0.446. The normalized spacial score (nSPS) is 27.0. The van der Waals surface area contributed by atoms with E-state index in [1.165, 1.54) is 44.3 Å². The molecular formula is C20H32N2. The van der Waals surface area contributed by atoms with Crippen molar-refractivity contribution in [2.45, 2.75) is 65.1 Å². The van der Waals surface area contributed by atoms with E-state index in [-0.39, 0.29) is 0 Å². The first-order valence-electron chi connectivity index (χ1n) is 9.01. The van der Waals surface area contributed by atoms with Gasteiger partial charge in [-0.05, 0) is 42.6 Å². The van der Waals surface area contributed by atoms with E-state index in [9.17, 15) is 0 Å². The molecule has 1 aromatic carbocycles. The Bertz CT molecular complexity index is 458. The predicted molar refractivity (Wildman–Crippen MR) is 93.8 cm³/mol. The van der Waals surface area contributed by atoms with Gasteiger partial charge in [-0.15, -0.1) is 0 Å². The van der Waals surface area contributed by atoms with E-state index in [2.05, 4.69) is 61.3 Å². The number of nitrogens with zero attached hydrogens (tertiary/aromatic N) is 1. The molecule has 0 aromatic heterocycles. The minimum Gasteiger partial charge on any atom is -0.309 e. The number of hydrogen-bond acceptors (Lipinski definition) is 2. The molecular weight excluding hydrogens is 268 g/mol. The molecule has 1 N–H and O–H groups in total. The molecule has 2 unspecified atom stereocenters. The van der Waals surface area contributed by atoms with Crippen molar-refractivity contribution < 1.29 is 0 Å². The van der Waals surface area contributed by atoms with E-state index in [4.69, 9.17) is 0 Å². The topological polar surface area (TPSA) is 15.3 Å². The monoisotopic (exact) mass is 300 g/mol. The lowest BCUT2D eigenvalue weighted by Gasteiger charge is -2.40. The molecule has 2 heteroatoms. The second-order valence-corrected chi connectivity index (χ2v) is 8.62. The van der Waals surface area contributed by atoms with E-state index < -0.39 is 0 Å². The summed E-state index contributed by atoms with van der Waals surface area (Å²) in [5.41, 5.74) is 1.85. The maximum absolute atomic E-state index is 3.82. The lowest BCUT2D eigenvalue weighted by molar-refractivity contribution is 0.107. The van der Waals surface area contributed by atoms with E-state index in [0.29, 0.717) is 11.5 Å². The van der Waals surface area contributed by atoms with Crippen LogP contribution in [0, 0.1) is 11.3 Å². The van der Waals surface area contributed by atoms with Crippen LogP contribution < -0.4 is 5.32 Å². The van der Waals surface area contributed by atoms with Crippen LogP contribution in [-0.4, -0.2) is 30.1 Å². The van der Waals surface area contributed by atoms with Crippen LogP contribution in [0.15, 0.2) is 30.3 Å². The molecule has 1 heterocycles. The van der Waals surface area contributed by atoms with Gasteiger partial charge in [0.2, 0.25) is 0 Å². The average molecular weight is 300 g/mol. The smallest absolute Gasteiger partial charge is 0.0208 e. The first kappa shape index (κ1) is 16.0. The minimum absolute atomic E-state index is 0.446. The van der Waals surface area contributed by atoms with Crippen LogP contribution in [0.1, 0.15) is 52.0 Å². The molecule has 1 aromatic rings. The Hall–Kier alpha value is -0.860. The van der Waals surface area contributed by atoms with Gasteiger partial charge in [0.15, 0.2) is 0 Å². The summed E-state index contributed by atoms with van der Waals surface area (Å²) in [5, 5.41) is 3.82. The van der Waals surface area contributed by atoms with Gasteiger partial charge in [-0.1, -0.05) is 51.1 Å². The van der Waals surface area contributed by atoms with Crippen molar-refractivity contribution in [2.75, 3.05) is 13.1 Å². The molecule has 3 rings (SSSR count). The molecule has 2 nitrogen and oxygen atoms in total. The van der Waals surface area contributed by atoms with Gasteiger partial charge in [-0.25, -0.2) is 0 Å². The Morgan fingerprint density at radius 3 is 2.45 bits per heavy atom. The Labute approximate surface area is 136 Å². The van der Waals surface area contributed by atoms with Crippen molar-refractivity contribution in [1.82, 2.24) is 10.2 Å². The van der Waals surface area contributed by atoms with Crippen molar-refractivity contribution in [1.29, 1.82) is 0 Å².